The fourth-order valence-electron chi connectivity index (χ4n) is 11.7. The van der Waals surface area contributed by atoms with Crippen LogP contribution >= 0.6 is 0 Å². The van der Waals surface area contributed by atoms with Crippen LogP contribution in [0.4, 0.5) is 0 Å². The Balaban J connectivity index is 1.19. The van der Waals surface area contributed by atoms with Gasteiger partial charge in [0.25, 0.3) is 0 Å². The minimum Gasteiger partial charge on any atom is -0.481 e. The smallest absolute Gasteiger partial charge is 0.313 e. The maximum atomic E-state index is 12.8. The number of aliphatic carboxylic acids is 1. The highest BCUT2D eigenvalue weighted by Gasteiger charge is 2.66. The maximum absolute atomic E-state index is 12.8. The fourth-order valence-corrected chi connectivity index (χ4v) is 11.7. The largest absolute Gasteiger partial charge is 0.481 e. The van der Waals surface area contributed by atoms with Crippen LogP contribution in [0.1, 0.15) is 99.8 Å². The van der Waals surface area contributed by atoms with Crippen molar-refractivity contribution < 1.29 is 64.3 Å². The quantitative estimate of drug-likeness (QED) is 0.160. The first-order valence-electron chi connectivity index (χ1n) is 19.9. The van der Waals surface area contributed by atoms with Crippen LogP contribution in [0.15, 0.2) is 23.8 Å². The molecule has 306 valence electrons. The molecule has 0 aromatic rings. The van der Waals surface area contributed by atoms with Gasteiger partial charge in [0.15, 0.2) is 12.6 Å². The standard InChI is InChI=1S/C41H64O13/c1-21(22(2)43)10-15-41(36(49)50)17-16-39(6)23(18-41)8-9-27-38(5)13-12-28(37(3,4)26(38)11-14-40(27,39)7)53-34-32(48)33(24(44)20-51-34)54-35-31(47)30(46)29(45)25(19-42)52-35/h8-9,18,21,24-35,42,44-48H,10-17,19-20H2,1-7H3,(H,49,50). The van der Waals surface area contributed by atoms with E-state index in [9.17, 15) is 45.3 Å². The molecule has 6 rings (SSSR count). The molecule has 0 aromatic carbocycles. The average Bonchev–Trinajstić information content (AvgIpc) is 3.11. The number of ether oxygens (including phenoxy) is 4. The first kappa shape index (κ1) is 41.8. The van der Waals surface area contributed by atoms with E-state index < -0.39 is 73.3 Å². The molecule has 2 heterocycles. The highest BCUT2D eigenvalue weighted by Crippen LogP contribution is 2.72. The third-order valence-corrected chi connectivity index (χ3v) is 15.7. The number of aliphatic hydroxyl groups excluding tert-OH is 6. The summed E-state index contributed by atoms with van der Waals surface area (Å²) in [6.07, 6.45) is -1.09. The summed E-state index contributed by atoms with van der Waals surface area (Å²) < 4.78 is 23.7. The SMILES string of the molecule is CC(=O)C(C)CCC1(C(=O)O)C=C2C=CC3C4(C)CCC(OC5OCC(O)C(OC6OC(CO)C(O)C(O)C6O)C5O)C(C)(C)C4CCC3(C)C2(C)CC1. The van der Waals surface area contributed by atoms with Gasteiger partial charge in [-0.25, -0.2) is 0 Å². The lowest BCUT2D eigenvalue weighted by Gasteiger charge is -2.69. The number of rotatable bonds is 10. The zero-order chi connectivity index (χ0) is 39.8. The lowest BCUT2D eigenvalue weighted by atomic mass is 9.36. The summed E-state index contributed by atoms with van der Waals surface area (Å²) in [5.74, 6) is -0.457. The first-order chi connectivity index (χ1) is 25.2. The Morgan fingerprint density at radius 1 is 0.907 bits per heavy atom. The van der Waals surface area contributed by atoms with E-state index in [1.54, 1.807) is 6.92 Å². The normalized spacial score (nSPS) is 49.2. The summed E-state index contributed by atoms with van der Waals surface area (Å²) in [5.41, 5.74) is -0.699. The molecule has 7 N–H and O–H groups in total. The van der Waals surface area contributed by atoms with Gasteiger partial charge in [-0.1, -0.05) is 59.8 Å². The van der Waals surface area contributed by atoms with E-state index >= 15 is 0 Å². The fraction of sp³-hybridized carbons (Fsp3) is 0.854. The Morgan fingerprint density at radius 2 is 1.61 bits per heavy atom. The number of hydrogen-bond acceptors (Lipinski definition) is 12. The summed E-state index contributed by atoms with van der Waals surface area (Å²) in [5, 5.41) is 73.2. The monoisotopic (exact) mass is 764 g/mol. The van der Waals surface area contributed by atoms with E-state index in [1.165, 1.54) is 0 Å². The summed E-state index contributed by atoms with van der Waals surface area (Å²) in [6, 6.07) is 0. The highest BCUT2D eigenvalue weighted by molar-refractivity contribution is 5.79. The Morgan fingerprint density at radius 3 is 2.26 bits per heavy atom. The maximum Gasteiger partial charge on any atom is 0.313 e. The molecule has 2 aliphatic heterocycles. The zero-order valence-corrected chi connectivity index (χ0v) is 32.9. The molecule has 13 heteroatoms. The Labute approximate surface area is 318 Å². The number of ketones is 1. The molecular weight excluding hydrogens is 700 g/mol. The van der Waals surface area contributed by atoms with Crippen LogP contribution in [0, 0.1) is 44.8 Å². The molecule has 6 aliphatic rings. The molecule has 17 unspecified atom stereocenters. The van der Waals surface area contributed by atoms with Crippen molar-refractivity contribution in [2.45, 2.75) is 161 Å². The van der Waals surface area contributed by atoms with E-state index in [0.29, 0.717) is 25.7 Å². The summed E-state index contributed by atoms with van der Waals surface area (Å²) in [4.78, 5) is 24.8. The van der Waals surface area contributed by atoms with Crippen LogP contribution < -0.4 is 0 Å². The van der Waals surface area contributed by atoms with Crippen molar-refractivity contribution in [3.63, 3.8) is 0 Å². The van der Waals surface area contributed by atoms with Crippen LogP contribution in [-0.2, 0) is 28.5 Å². The Bertz CT molecular complexity index is 1480. The molecule has 17 atom stereocenters. The van der Waals surface area contributed by atoms with E-state index in [1.807, 2.05) is 13.0 Å². The summed E-state index contributed by atoms with van der Waals surface area (Å²) in [6.45, 7) is 14.1. The molecule has 0 amide bonds. The van der Waals surface area contributed by atoms with Crippen molar-refractivity contribution in [2.75, 3.05) is 13.2 Å². The molecule has 2 saturated heterocycles. The molecule has 54 heavy (non-hydrogen) atoms. The number of carboxylic acid groups (broad SMARTS) is 1. The van der Waals surface area contributed by atoms with Gasteiger partial charge < -0.3 is 54.7 Å². The summed E-state index contributed by atoms with van der Waals surface area (Å²) in [7, 11) is 0. The number of Topliss-reactive ketones (excluding diaryl/α,β-unsaturated/α-hetero) is 1. The molecule has 4 aliphatic carbocycles. The van der Waals surface area contributed by atoms with Gasteiger partial charge in [-0.15, -0.1) is 0 Å². The van der Waals surface area contributed by atoms with Crippen molar-refractivity contribution >= 4 is 11.8 Å². The number of carbonyl (C=O) groups is 2. The van der Waals surface area contributed by atoms with Crippen LogP contribution in [-0.4, -0.2) is 122 Å². The average molecular weight is 765 g/mol. The lowest BCUT2D eigenvalue weighted by Crippen LogP contribution is -2.64. The number of carbonyl (C=O) groups excluding carboxylic acids is 1. The van der Waals surface area contributed by atoms with E-state index in [2.05, 4.69) is 46.8 Å². The third-order valence-electron chi connectivity index (χ3n) is 15.7. The molecule has 4 fully saturated rings. The molecule has 0 spiro atoms. The van der Waals surface area contributed by atoms with Crippen LogP contribution in [0.3, 0.4) is 0 Å². The van der Waals surface area contributed by atoms with Gasteiger partial charge in [0.2, 0.25) is 0 Å². The van der Waals surface area contributed by atoms with Gasteiger partial charge >= 0.3 is 5.97 Å². The lowest BCUT2D eigenvalue weighted by molar-refractivity contribution is -0.356. The molecule has 0 radical (unpaired) electrons. The number of allylic oxidation sites excluding steroid dienone is 3. The van der Waals surface area contributed by atoms with E-state index in [-0.39, 0.29) is 57.9 Å². The predicted octanol–water partition coefficient (Wildman–Crippen LogP) is 2.87. The van der Waals surface area contributed by atoms with Gasteiger partial charge in [0.05, 0.1) is 24.7 Å². The second-order valence-electron chi connectivity index (χ2n) is 18.8. The molecule has 0 aromatic heterocycles. The second kappa shape index (κ2) is 14.9. The number of hydrogen-bond donors (Lipinski definition) is 7. The van der Waals surface area contributed by atoms with Crippen molar-refractivity contribution in [3.8, 4) is 0 Å². The third kappa shape index (κ3) is 6.65. The zero-order valence-electron chi connectivity index (χ0n) is 32.9. The predicted molar refractivity (Wildman–Crippen MR) is 194 cm³/mol. The first-order valence-corrected chi connectivity index (χ1v) is 19.9. The van der Waals surface area contributed by atoms with Crippen molar-refractivity contribution in [3.05, 3.63) is 23.8 Å². The highest BCUT2D eigenvalue weighted by atomic mass is 16.7. The number of fused-ring (bicyclic) bond motifs is 5. The van der Waals surface area contributed by atoms with Crippen LogP contribution in [0.5, 0.6) is 0 Å². The van der Waals surface area contributed by atoms with Crippen molar-refractivity contribution in [1.82, 2.24) is 0 Å². The molecule has 2 saturated carbocycles. The van der Waals surface area contributed by atoms with Gasteiger partial charge in [-0.2, -0.15) is 0 Å². The molecule has 0 bridgehead atoms. The summed E-state index contributed by atoms with van der Waals surface area (Å²) >= 11 is 0. The number of aliphatic hydroxyl groups is 6. The van der Waals surface area contributed by atoms with E-state index in [0.717, 1.165) is 31.3 Å². The Kier molecular flexibility index (Phi) is 11.5. The Hall–Kier alpha value is -1.78. The van der Waals surface area contributed by atoms with Crippen LogP contribution in [0.2, 0.25) is 0 Å². The van der Waals surface area contributed by atoms with Gasteiger partial charge in [0.1, 0.15) is 48.5 Å². The van der Waals surface area contributed by atoms with Gasteiger partial charge in [-0.05, 0) is 97.4 Å². The van der Waals surface area contributed by atoms with Crippen molar-refractivity contribution in [2.24, 2.45) is 44.8 Å². The molecule has 13 nitrogen and oxygen atoms in total. The van der Waals surface area contributed by atoms with Crippen molar-refractivity contribution in [1.29, 1.82) is 0 Å². The van der Waals surface area contributed by atoms with Gasteiger partial charge in [0, 0.05) is 5.92 Å². The minimum absolute atomic E-state index is 0.0797. The van der Waals surface area contributed by atoms with Gasteiger partial charge in [-0.3, -0.25) is 9.59 Å². The van der Waals surface area contributed by atoms with Crippen LogP contribution in [0.25, 0.3) is 0 Å². The molecular formula is C41H64O13. The second-order valence-corrected chi connectivity index (χ2v) is 18.8. The van der Waals surface area contributed by atoms with E-state index in [4.69, 9.17) is 18.9 Å². The topological polar surface area (TPSA) is 213 Å². The number of carboxylic acids is 1. The minimum atomic E-state index is -1.70.